The van der Waals surface area contributed by atoms with Crippen LogP contribution in [0.5, 0.6) is 0 Å². The lowest BCUT2D eigenvalue weighted by Crippen LogP contribution is -2.40. The van der Waals surface area contributed by atoms with Gasteiger partial charge in [-0.3, -0.25) is 4.79 Å². The Kier molecular flexibility index (Phi) is 7.16. The van der Waals surface area contributed by atoms with E-state index in [-0.39, 0.29) is 23.9 Å². The van der Waals surface area contributed by atoms with Gasteiger partial charge in [-0.2, -0.15) is 4.31 Å². The first-order valence-electron chi connectivity index (χ1n) is 8.40. The number of carbonyl (C=O) groups is 1. The number of rotatable bonds is 9. The van der Waals surface area contributed by atoms with E-state index in [0.717, 1.165) is 18.4 Å². The Morgan fingerprint density at radius 2 is 1.60 bits per heavy atom. The van der Waals surface area contributed by atoms with E-state index in [4.69, 9.17) is 0 Å². The predicted molar refractivity (Wildman–Crippen MR) is 98.4 cm³/mol. The molecule has 0 unspecified atom stereocenters. The highest BCUT2D eigenvalue weighted by molar-refractivity contribution is 7.89. The maximum Gasteiger partial charge on any atom is 0.243 e. The van der Waals surface area contributed by atoms with Crippen molar-refractivity contribution in [1.82, 2.24) is 9.62 Å². The summed E-state index contributed by atoms with van der Waals surface area (Å²) in [6, 6.07) is 17.5. The van der Waals surface area contributed by atoms with Crippen LogP contribution in [0.1, 0.15) is 25.3 Å². The average molecular weight is 360 g/mol. The van der Waals surface area contributed by atoms with Crippen LogP contribution in [-0.4, -0.2) is 31.7 Å². The number of benzene rings is 2. The fourth-order valence-corrected chi connectivity index (χ4v) is 3.78. The van der Waals surface area contributed by atoms with Crippen molar-refractivity contribution in [2.45, 2.75) is 31.2 Å². The third kappa shape index (κ3) is 5.69. The van der Waals surface area contributed by atoms with Crippen molar-refractivity contribution < 1.29 is 13.2 Å². The first kappa shape index (κ1) is 19.1. The quantitative estimate of drug-likeness (QED) is 0.699. The van der Waals surface area contributed by atoms with Crippen molar-refractivity contribution in [1.29, 1.82) is 0 Å². The molecule has 0 spiro atoms. The van der Waals surface area contributed by atoms with Crippen molar-refractivity contribution in [3.63, 3.8) is 0 Å². The fourth-order valence-electron chi connectivity index (χ4n) is 2.38. The highest BCUT2D eigenvalue weighted by atomic mass is 32.2. The summed E-state index contributed by atoms with van der Waals surface area (Å²) in [7, 11) is -3.75. The fraction of sp³-hybridized carbons (Fsp3) is 0.316. The highest BCUT2D eigenvalue weighted by Crippen LogP contribution is 2.18. The van der Waals surface area contributed by atoms with E-state index in [0.29, 0.717) is 6.54 Å². The smallest absolute Gasteiger partial charge is 0.243 e. The largest absolute Gasteiger partial charge is 0.355 e. The van der Waals surface area contributed by atoms with Crippen molar-refractivity contribution >= 4 is 15.9 Å². The summed E-state index contributed by atoms with van der Waals surface area (Å²) in [4.78, 5) is 12.4. The average Bonchev–Trinajstić information content (AvgIpc) is 2.63. The van der Waals surface area contributed by atoms with Crippen LogP contribution in [0.3, 0.4) is 0 Å². The van der Waals surface area contributed by atoms with E-state index in [1.54, 1.807) is 30.3 Å². The molecular formula is C19H24N2O3S. The van der Waals surface area contributed by atoms with Gasteiger partial charge < -0.3 is 5.32 Å². The molecule has 134 valence electrons. The topological polar surface area (TPSA) is 66.5 Å². The van der Waals surface area contributed by atoms with Crippen LogP contribution in [0.25, 0.3) is 0 Å². The molecule has 0 fully saturated rings. The van der Waals surface area contributed by atoms with Crippen LogP contribution >= 0.6 is 0 Å². The lowest BCUT2D eigenvalue weighted by molar-refractivity contribution is -0.121. The predicted octanol–water partition coefficient (Wildman–Crippen LogP) is 2.79. The SMILES string of the molecule is CCCCNC(=O)CN(Cc1ccccc1)S(=O)(=O)c1ccccc1. The molecule has 0 saturated heterocycles. The molecule has 5 nitrogen and oxygen atoms in total. The lowest BCUT2D eigenvalue weighted by Gasteiger charge is -2.22. The van der Waals surface area contributed by atoms with Gasteiger partial charge in [-0.15, -0.1) is 0 Å². The van der Waals surface area contributed by atoms with E-state index in [1.807, 2.05) is 37.3 Å². The van der Waals surface area contributed by atoms with Crippen LogP contribution < -0.4 is 5.32 Å². The normalized spacial score (nSPS) is 11.4. The van der Waals surface area contributed by atoms with Crippen LogP contribution in [0.15, 0.2) is 65.6 Å². The monoisotopic (exact) mass is 360 g/mol. The van der Waals surface area contributed by atoms with E-state index in [1.165, 1.54) is 4.31 Å². The van der Waals surface area contributed by atoms with Gasteiger partial charge in [0, 0.05) is 13.1 Å². The molecule has 0 aliphatic rings. The second-order valence-electron chi connectivity index (χ2n) is 5.78. The first-order chi connectivity index (χ1) is 12.0. The van der Waals surface area contributed by atoms with Gasteiger partial charge in [0.25, 0.3) is 0 Å². The number of amides is 1. The van der Waals surface area contributed by atoms with E-state index < -0.39 is 10.0 Å². The van der Waals surface area contributed by atoms with Gasteiger partial charge in [0.2, 0.25) is 15.9 Å². The lowest BCUT2D eigenvalue weighted by atomic mass is 10.2. The second-order valence-corrected chi connectivity index (χ2v) is 7.71. The molecule has 0 atom stereocenters. The minimum Gasteiger partial charge on any atom is -0.355 e. The van der Waals surface area contributed by atoms with Crippen LogP contribution in [0.2, 0.25) is 0 Å². The molecule has 0 bridgehead atoms. The Morgan fingerprint density at radius 3 is 2.20 bits per heavy atom. The number of unbranched alkanes of at least 4 members (excludes halogenated alkanes) is 1. The van der Waals surface area contributed by atoms with Gasteiger partial charge in [-0.05, 0) is 24.1 Å². The summed E-state index contributed by atoms with van der Waals surface area (Å²) in [6.07, 6.45) is 1.84. The molecule has 1 N–H and O–H groups in total. The van der Waals surface area contributed by atoms with E-state index in [9.17, 15) is 13.2 Å². The summed E-state index contributed by atoms with van der Waals surface area (Å²) in [5, 5.41) is 2.78. The molecule has 1 amide bonds. The van der Waals surface area contributed by atoms with Gasteiger partial charge in [0.1, 0.15) is 0 Å². The molecule has 25 heavy (non-hydrogen) atoms. The molecule has 2 aromatic rings. The molecule has 0 aliphatic carbocycles. The number of nitrogens with zero attached hydrogens (tertiary/aromatic N) is 1. The summed E-state index contributed by atoms with van der Waals surface area (Å²) >= 11 is 0. The number of nitrogens with one attached hydrogen (secondary N) is 1. The Morgan fingerprint density at radius 1 is 1.00 bits per heavy atom. The molecule has 2 aromatic carbocycles. The van der Waals surface area contributed by atoms with Crippen molar-refractivity contribution in [2.75, 3.05) is 13.1 Å². The van der Waals surface area contributed by atoms with Gasteiger partial charge in [0.05, 0.1) is 11.4 Å². The number of carbonyl (C=O) groups excluding carboxylic acids is 1. The third-order valence-corrected chi connectivity index (χ3v) is 5.56. The molecule has 0 saturated carbocycles. The van der Waals surface area contributed by atoms with Crippen molar-refractivity contribution in [3.8, 4) is 0 Å². The zero-order valence-corrected chi connectivity index (χ0v) is 15.2. The third-order valence-electron chi connectivity index (χ3n) is 3.76. The molecule has 0 heterocycles. The van der Waals surface area contributed by atoms with Gasteiger partial charge in [-0.1, -0.05) is 61.9 Å². The molecule has 0 radical (unpaired) electrons. The maximum absolute atomic E-state index is 12.9. The summed E-state index contributed by atoms with van der Waals surface area (Å²) < 4.78 is 27.1. The van der Waals surface area contributed by atoms with E-state index in [2.05, 4.69) is 5.32 Å². The number of hydrogen-bond donors (Lipinski definition) is 1. The summed E-state index contributed by atoms with van der Waals surface area (Å²) in [5.41, 5.74) is 0.836. The Labute approximate surface area is 149 Å². The van der Waals surface area contributed by atoms with Gasteiger partial charge in [0.15, 0.2) is 0 Å². The highest BCUT2D eigenvalue weighted by Gasteiger charge is 2.26. The summed E-state index contributed by atoms with van der Waals surface area (Å²) in [6.45, 7) is 2.54. The second kappa shape index (κ2) is 9.34. The van der Waals surface area contributed by atoms with Crippen LogP contribution in [-0.2, 0) is 21.4 Å². The Balaban J connectivity index is 2.21. The molecular weight excluding hydrogens is 336 g/mol. The van der Waals surface area contributed by atoms with Gasteiger partial charge >= 0.3 is 0 Å². The minimum absolute atomic E-state index is 0.152. The summed E-state index contributed by atoms with van der Waals surface area (Å²) in [5.74, 6) is -0.288. The van der Waals surface area contributed by atoms with Gasteiger partial charge in [-0.25, -0.2) is 8.42 Å². The first-order valence-corrected chi connectivity index (χ1v) is 9.84. The number of sulfonamides is 1. The zero-order valence-electron chi connectivity index (χ0n) is 14.4. The maximum atomic E-state index is 12.9. The molecule has 2 rings (SSSR count). The van der Waals surface area contributed by atoms with Crippen molar-refractivity contribution in [2.24, 2.45) is 0 Å². The van der Waals surface area contributed by atoms with Crippen molar-refractivity contribution in [3.05, 3.63) is 66.2 Å². The van der Waals surface area contributed by atoms with Crippen LogP contribution in [0.4, 0.5) is 0 Å². The minimum atomic E-state index is -3.75. The molecule has 6 heteroatoms. The Bertz CT molecular complexity index is 762. The van der Waals surface area contributed by atoms with Crippen LogP contribution in [0, 0.1) is 0 Å². The molecule has 0 aromatic heterocycles. The standard InChI is InChI=1S/C19H24N2O3S/c1-2-3-14-20-19(22)16-21(15-17-10-6-4-7-11-17)25(23,24)18-12-8-5-9-13-18/h4-13H,2-3,14-16H2,1H3,(H,20,22). The Hall–Kier alpha value is -2.18. The zero-order chi connectivity index (χ0) is 18.1. The molecule has 0 aliphatic heterocycles. The number of hydrogen-bond acceptors (Lipinski definition) is 3. The van der Waals surface area contributed by atoms with E-state index >= 15 is 0 Å².